The molecule has 2 atom stereocenters. The summed E-state index contributed by atoms with van der Waals surface area (Å²) in [7, 11) is 0. The Morgan fingerprint density at radius 1 is 1.42 bits per heavy atom. The lowest BCUT2D eigenvalue weighted by Crippen LogP contribution is -2.49. The predicted molar refractivity (Wildman–Crippen MR) is 85.2 cm³/mol. The standard InChI is InChI=1S/C15H17ClN2O6/c1-8(15(20)21)17(11-4-5-11)14(19)9(2)24-13-6-3-10(16)7-12(13)18(22)23/h3,6-9,11H,4-5H2,1-2H3,(H,20,21). The van der Waals surface area contributed by atoms with E-state index in [1.807, 2.05) is 0 Å². The second-order valence-corrected chi connectivity index (χ2v) is 6.06. The second kappa shape index (κ2) is 7.04. The number of carboxylic acids is 1. The van der Waals surface area contributed by atoms with Crippen molar-refractivity contribution >= 4 is 29.2 Å². The molecule has 1 aliphatic carbocycles. The van der Waals surface area contributed by atoms with E-state index in [4.69, 9.17) is 21.4 Å². The fraction of sp³-hybridized carbons (Fsp3) is 0.467. The predicted octanol–water partition coefficient (Wildman–Crippen LogP) is 2.48. The van der Waals surface area contributed by atoms with Crippen molar-refractivity contribution in [1.82, 2.24) is 4.90 Å². The van der Waals surface area contributed by atoms with Crippen molar-refractivity contribution < 1.29 is 24.4 Å². The van der Waals surface area contributed by atoms with Crippen molar-refractivity contribution in [2.75, 3.05) is 0 Å². The summed E-state index contributed by atoms with van der Waals surface area (Å²) >= 11 is 5.74. The highest BCUT2D eigenvalue weighted by atomic mass is 35.5. The van der Waals surface area contributed by atoms with Crippen LogP contribution in [-0.4, -0.2) is 45.0 Å². The van der Waals surface area contributed by atoms with E-state index >= 15 is 0 Å². The summed E-state index contributed by atoms with van der Waals surface area (Å²) in [5.41, 5.74) is -0.355. The average molecular weight is 357 g/mol. The molecule has 1 aromatic rings. The molecule has 130 valence electrons. The van der Waals surface area contributed by atoms with Gasteiger partial charge in [0, 0.05) is 17.1 Å². The summed E-state index contributed by atoms with van der Waals surface area (Å²) < 4.78 is 5.43. The Labute approximate surface area is 143 Å². The maximum Gasteiger partial charge on any atom is 0.326 e. The fourth-order valence-electron chi connectivity index (χ4n) is 2.34. The molecule has 0 heterocycles. The van der Waals surface area contributed by atoms with Crippen molar-refractivity contribution in [3.05, 3.63) is 33.3 Å². The summed E-state index contributed by atoms with van der Waals surface area (Å²) in [6, 6.07) is 2.74. The van der Waals surface area contributed by atoms with Crippen LogP contribution in [0.3, 0.4) is 0 Å². The van der Waals surface area contributed by atoms with Gasteiger partial charge in [-0.05, 0) is 38.8 Å². The van der Waals surface area contributed by atoms with E-state index in [0.717, 1.165) is 18.9 Å². The molecule has 2 unspecified atom stereocenters. The highest BCUT2D eigenvalue weighted by molar-refractivity contribution is 6.30. The third-order valence-electron chi connectivity index (χ3n) is 3.74. The van der Waals surface area contributed by atoms with Gasteiger partial charge in [0.2, 0.25) is 0 Å². The van der Waals surface area contributed by atoms with Crippen molar-refractivity contribution in [1.29, 1.82) is 0 Å². The van der Waals surface area contributed by atoms with E-state index in [1.54, 1.807) is 0 Å². The molecule has 0 aliphatic heterocycles. The van der Waals surface area contributed by atoms with Crippen LogP contribution < -0.4 is 4.74 Å². The van der Waals surface area contributed by atoms with E-state index in [1.165, 1.54) is 30.9 Å². The van der Waals surface area contributed by atoms with Crippen LogP contribution in [0.4, 0.5) is 5.69 Å². The Morgan fingerprint density at radius 2 is 2.04 bits per heavy atom. The molecule has 1 N–H and O–H groups in total. The fourth-order valence-corrected chi connectivity index (χ4v) is 2.51. The number of benzene rings is 1. The van der Waals surface area contributed by atoms with Crippen LogP contribution in [0.1, 0.15) is 26.7 Å². The van der Waals surface area contributed by atoms with Gasteiger partial charge in [-0.25, -0.2) is 4.79 Å². The van der Waals surface area contributed by atoms with Crippen LogP contribution >= 0.6 is 11.6 Å². The molecule has 8 nitrogen and oxygen atoms in total. The first-order valence-corrected chi connectivity index (χ1v) is 7.75. The minimum Gasteiger partial charge on any atom is -0.480 e. The lowest BCUT2D eigenvalue weighted by Gasteiger charge is -2.29. The topological polar surface area (TPSA) is 110 Å². The minimum absolute atomic E-state index is 0.0935. The van der Waals surface area contributed by atoms with Gasteiger partial charge in [-0.2, -0.15) is 0 Å². The summed E-state index contributed by atoms with van der Waals surface area (Å²) in [4.78, 5) is 35.5. The van der Waals surface area contributed by atoms with Crippen LogP contribution in [0.5, 0.6) is 5.75 Å². The maximum absolute atomic E-state index is 12.6. The molecule has 1 fully saturated rings. The summed E-state index contributed by atoms with van der Waals surface area (Å²) in [5, 5.41) is 20.4. The Balaban J connectivity index is 2.19. The number of nitro benzene ring substituents is 1. The number of rotatable bonds is 7. The zero-order valence-corrected chi connectivity index (χ0v) is 13.9. The number of carbonyl (C=O) groups is 2. The number of nitrogens with zero attached hydrogens (tertiary/aromatic N) is 2. The molecule has 0 spiro atoms. The number of carbonyl (C=O) groups excluding carboxylic acids is 1. The molecular weight excluding hydrogens is 340 g/mol. The zero-order chi connectivity index (χ0) is 18.0. The number of nitro groups is 1. The Bertz CT molecular complexity index is 676. The summed E-state index contributed by atoms with van der Waals surface area (Å²) in [6.45, 7) is 2.86. The van der Waals surface area contributed by atoms with E-state index in [2.05, 4.69) is 0 Å². The lowest BCUT2D eigenvalue weighted by molar-refractivity contribution is -0.386. The first-order valence-electron chi connectivity index (χ1n) is 7.38. The van der Waals surface area contributed by atoms with Crippen LogP contribution in [0.15, 0.2) is 18.2 Å². The van der Waals surface area contributed by atoms with Crippen molar-refractivity contribution in [3.8, 4) is 5.75 Å². The van der Waals surface area contributed by atoms with Gasteiger partial charge >= 0.3 is 11.7 Å². The van der Waals surface area contributed by atoms with E-state index in [9.17, 15) is 19.7 Å². The lowest BCUT2D eigenvalue weighted by atomic mass is 10.2. The normalized spacial score (nSPS) is 16.1. The van der Waals surface area contributed by atoms with Gasteiger partial charge in [0.05, 0.1) is 4.92 Å². The Hall–Kier alpha value is -2.35. The van der Waals surface area contributed by atoms with Crippen LogP contribution in [-0.2, 0) is 9.59 Å². The number of ether oxygens (including phenoxy) is 1. The highest BCUT2D eigenvalue weighted by Crippen LogP contribution is 2.33. The van der Waals surface area contributed by atoms with Gasteiger partial charge in [-0.15, -0.1) is 0 Å². The average Bonchev–Trinajstić information content (AvgIpc) is 3.33. The summed E-state index contributed by atoms with van der Waals surface area (Å²) in [6.07, 6.45) is 0.404. The molecule has 1 amide bonds. The molecule has 0 saturated heterocycles. The number of carboxylic acid groups (broad SMARTS) is 1. The van der Waals surface area contributed by atoms with Gasteiger partial charge in [0.1, 0.15) is 6.04 Å². The molecule has 0 aromatic heterocycles. The monoisotopic (exact) mass is 356 g/mol. The van der Waals surface area contributed by atoms with Crippen molar-refractivity contribution in [2.45, 2.75) is 44.9 Å². The minimum atomic E-state index is -1.11. The molecule has 9 heteroatoms. The van der Waals surface area contributed by atoms with E-state index < -0.39 is 28.9 Å². The number of hydrogen-bond acceptors (Lipinski definition) is 5. The zero-order valence-electron chi connectivity index (χ0n) is 13.1. The van der Waals surface area contributed by atoms with Gasteiger partial charge in [0.25, 0.3) is 5.91 Å². The third kappa shape index (κ3) is 3.94. The SMILES string of the molecule is CC(Oc1ccc(Cl)cc1[N+](=O)[O-])C(=O)N(C1CC1)C(C)C(=O)O. The third-order valence-corrected chi connectivity index (χ3v) is 3.97. The van der Waals surface area contributed by atoms with Gasteiger partial charge < -0.3 is 14.7 Å². The number of halogens is 1. The maximum atomic E-state index is 12.6. The van der Waals surface area contributed by atoms with Gasteiger partial charge in [-0.1, -0.05) is 11.6 Å². The van der Waals surface area contributed by atoms with Crippen LogP contribution in [0.25, 0.3) is 0 Å². The molecule has 1 saturated carbocycles. The Morgan fingerprint density at radius 3 is 2.54 bits per heavy atom. The molecule has 1 aliphatic rings. The first-order chi connectivity index (χ1) is 11.2. The first kappa shape index (κ1) is 18.0. The van der Waals surface area contributed by atoms with Crippen LogP contribution in [0.2, 0.25) is 5.02 Å². The van der Waals surface area contributed by atoms with Crippen molar-refractivity contribution in [3.63, 3.8) is 0 Å². The molecule has 0 bridgehead atoms. The Kier molecular flexibility index (Phi) is 5.28. The molecular formula is C15H17ClN2O6. The molecule has 2 rings (SSSR count). The molecule has 24 heavy (non-hydrogen) atoms. The number of aliphatic carboxylic acids is 1. The summed E-state index contributed by atoms with van der Waals surface area (Å²) in [5.74, 6) is -1.72. The molecule has 0 radical (unpaired) electrons. The van der Waals surface area contributed by atoms with Gasteiger partial charge in [0.15, 0.2) is 11.9 Å². The van der Waals surface area contributed by atoms with Crippen LogP contribution in [0, 0.1) is 10.1 Å². The van der Waals surface area contributed by atoms with E-state index in [-0.39, 0.29) is 22.5 Å². The molecule has 1 aromatic carbocycles. The van der Waals surface area contributed by atoms with Crippen molar-refractivity contribution in [2.24, 2.45) is 0 Å². The quantitative estimate of drug-likeness (QED) is 0.593. The number of hydrogen-bond donors (Lipinski definition) is 1. The van der Waals surface area contributed by atoms with Gasteiger partial charge in [-0.3, -0.25) is 14.9 Å². The largest absolute Gasteiger partial charge is 0.480 e. The number of amides is 1. The smallest absolute Gasteiger partial charge is 0.326 e. The van der Waals surface area contributed by atoms with E-state index in [0.29, 0.717) is 0 Å². The highest BCUT2D eigenvalue weighted by Gasteiger charge is 2.40. The second-order valence-electron chi connectivity index (χ2n) is 5.62.